The summed E-state index contributed by atoms with van der Waals surface area (Å²) in [5.74, 6) is 1.87. The molecule has 1 fully saturated rings. The molecule has 34 heavy (non-hydrogen) atoms. The number of hydrogen-bond acceptors (Lipinski definition) is 7. The van der Waals surface area contributed by atoms with Crippen LogP contribution in [-0.4, -0.2) is 49.2 Å². The molecule has 1 aliphatic rings. The minimum Gasteiger partial charge on any atom is -0.490 e. The smallest absolute Gasteiger partial charge is 0.267 e. The molecule has 4 heterocycles. The van der Waals surface area contributed by atoms with E-state index >= 15 is 0 Å². The van der Waals surface area contributed by atoms with Crippen LogP contribution < -0.4 is 15.6 Å². The van der Waals surface area contributed by atoms with Gasteiger partial charge in [0.2, 0.25) is 0 Å². The largest absolute Gasteiger partial charge is 0.490 e. The van der Waals surface area contributed by atoms with Crippen molar-refractivity contribution in [2.75, 3.05) is 19.7 Å². The normalized spacial score (nSPS) is 14.3. The Labute approximate surface area is 197 Å². The Kier molecular flexibility index (Phi) is 6.44. The van der Waals surface area contributed by atoms with E-state index in [9.17, 15) is 4.79 Å². The van der Waals surface area contributed by atoms with Crippen LogP contribution in [0.5, 0.6) is 5.75 Å². The SMILES string of the molecule is Cn1cc(-c2ccc(=O)n(Cc3cccc(-c4ncc(OCC5CCNCC5)cn4)c3)n2)cn1. The summed E-state index contributed by atoms with van der Waals surface area (Å²) in [6, 6.07) is 11.1. The molecule has 0 saturated carbocycles. The summed E-state index contributed by atoms with van der Waals surface area (Å²) in [4.78, 5) is 21.4. The number of nitrogens with one attached hydrogen (secondary N) is 1. The highest BCUT2D eigenvalue weighted by atomic mass is 16.5. The maximum atomic E-state index is 12.4. The lowest BCUT2D eigenvalue weighted by Crippen LogP contribution is -2.30. The molecule has 0 spiro atoms. The van der Waals surface area contributed by atoms with E-state index in [4.69, 9.17) is 4.74 Å². The molecule has 174 valence electrons. The fourth-order valence-corrected chi connectivity index (χ4v) is 4.05. The van der Waals surface area contributed by atoms with Crippen molar-refractivity contribution in [2.24, 2.45) is 13.0 Å². The van der Waals surface area contributed by atoms with Crippen LogP contribution >= 0.6 is 0 Å². The van der Waals surface area contributed by atoms with Gasteiger partial charge in [-0.1, -0.05) is 18.2 Å². The lowest BCUT2D eigenvalue weighted by Gasteiger charge is -2.22. The third kappa shape index (κ3) is 5.20. The van der Waals surface area contributed by atoms with Crippen molar-refractivity contribution in [3.05, 3.63) is 77.1 Å². The van der Waals surface area contributed by atoms with Crippen molar-refractivity contribution in [1.29, 1.82) is 0 Å². The average Bonchev–Trinajstić information content (AvgIpc) is 3.31. The van der Waals surface area contributed by atoms with Crippen molar-refractivity contribution < 1.29 is 4.74 Å². The second kappa shape index (κ2) is 9.96. The van der Waals surface area contributed by atoms with E-state index in [1.165, 1.54) is 10.7 Å². The van der Waals surface area contributed by atoms with Gasteiger partial charge in [-0.3, -0.25) is 9.48 Å². The number of benzene rings is 1. The van der Waals surface area contributed by atoms with E-state index in [-0.39, 0.29) is 5.56 Å². The fourth-order valence-electron chi connectivity index (χ4n) is 4.05. The average molecular weight is 458 g/mol. The van der Waals surface area contributed by atoms with Crippen molar-refractivity contribution >= 4 is 0 Å². The first kappa shape index (κ1) is 22.0. The van der Waals surface area contributed by atoms with E-state index in [0.717, 1.165) is 42.6 Å². The zero-order valence-corrected chi connectivity index (χ0v) is 19.1. The Morgan fingerprint density at radius 3 is 2.65 bits per heavy atom. The molecule has 9 heteroatoms. The fraction of sp³-hybridized carbons (Fsp3) is 0.320. The van der Waals surface area contributed by atoms with Crippen LogP contribution in [0.25, 0.3) is 22.6 Å². The predicted octanol–water partition coefficient (Wildman–Crippen LogP) is 2.53. The summed E-state index contributed by atoms with van der Waals surface area (Å²) in [6.07, 6.45) is 9.31. The number of aromatic nitrogens is 6. The summed E-state index contributed by atoms with van der Waals surface area (Å²) in [7, 11) is 1.85. The molecule has 0 radical (unpaired) electrons. The van der Waals surface area contributed by atoms with Crippen LogP contribution in [0.2, 0.25) is 0 Å². The Bertz CT molecular complexity index is 1310. The number of nitrogens with zero attached hydrogens (tertiary/aromatic N) is 6. The zero-order valence-electron chi connectivity index (χ0n) is 19.1. The summed E-state index contributed by atoms with van der Waals surface area (Å²) in [6.45, 7) is 3.14. The maximum Gasteiger partial charge on any atom is 0.267 e. The first-order valence-corrected chi connectivity index (χ1v) is 11.5. The second-order valence-electron chi connectivity index (χ2n) is 8.56. The van der Waals surface area contributed by atoms with Gasteiger partial charge < -0.3 is 10.1 Å². The Morgan fingerprint density at radius 1 is 1.06 bits per heavy atom. The van der Waals surface area contributed by atoms with Crippen molar-refractivity contribution in [1.82, 2.24) is 34.8 Å². The van der Waals surface area contributed by atoms with Crippen LogP contribution in [0, 0.1) is 5.92 Å². The van der Waals surface area contributed by atoms with Gasteiger partial charge in [0.15, 0.2) is 11.6 Å². The van der Waals surface area contributed by atoms with Gasteiger partial charge in [-0.05, 0) is 49.5 Å². The van der Waals surface area contributed by atoms with Crippen molar-refractivity contribution in [2.45, 2.75) is 19.4 Å². The van der Waals surface area contributed by atoms with E-state index in [2.05, 4.69) is 25.5 Å². The molecule has 0 aliphatic carbocycles. The third-order valence-corrected chi connectivity index (χ3v) is 5.96. The molecule has 1 aliphatic heterocycles. The molecule has 5 rings (SSSR count). The lowest BCUT2D eigenvalue weighted by molar-refractivity contribution is 0.214. The number of hydrogen-bond donors (Lipinski definition) is 1. The van der Waals surface area contributed by atoms with Crippen molar-refractivity contribution in [3.63, 3.8) is 0 Å². The molecule has 1 aromatic carbocycles. The predicted molar refractivity (Wildman–Crippen MR) is 128 cm³/mol. The number of aryl methyl sites for hydroxylation is 1. The van der Waals surface area contributed by atoms with Crippen LogP contribution in [0.1, 0.15) is 18.4 Å². The molecule has 0 amide bonds. The van der Waals surface area contributed by atoms with Gasteiger partial charge in [0.25, 0.3) is 5.56 Å². The molecule has 4 aromatic rings. The Hall–Kier alpha value is -3.85. The number of ether oxygens (including phenoxy) is 1. The van der Waals surface area contributed by atoms with Gasteiger partial charge in [-0.15, -0.1) is 0 Å². The maximum absolute atomic E-state index is 12.4. The topological polar surface area (TPSA) is 99.8 Å². The van der Waals surface area contributed by atoms with Crippen LogP contribution in [0.15, 0.2) is 66.0 Å². The molecular weight excluding hydrogens is 430 g/mol. The lowest BCUT2D eigenvalue weighted by atomic mass is 9.99. The van der Waals surface area contributed by atoms with E-state index < -0.39 is 0 Å². The monoisotopic (exact) mass is 457 g/mol. The van der Waals surface area contributed by atoms with Gasteiger partial charge in [0.05, 0.1) is 37.4 Å². The summed E-state index contributed by atoms with van der Waals surface area (Å²) < 4.78 is 9.06. The molecule has 0 atom stereocenters. The molecule has 0 unspecified atom stereocenters. The van der Waals surface area contributed by atoms with Gasteiger partial charge in [0, 0.05) is 30.4 Å². The molecule has 1 saturated heterocycles. The number of rotatable bonds is 7. The van der Waals surface area contributed by atoms with Gasteiger partial charge in [0.1, 0.15) is 0 Å². The second-order valence-corrected chi connectivity index (χ2v) is 8.56. The molecule has 9 nitrogen and oxygen atoms in total. The first-order valence-electron chi connectivity index (χ1n) is 11.5. The van der Waals surface area contributed by atoms with Crippen LogP contribution in [-0.2, 0) is 13.6 Å². The zero-order chi connectivity index (χ0) is 23.3. The minimum atomic E-state index is -0.162. The van der Waals surface area contributed by atoms with Crippen LogP contribution in [0.4, 0.5) is 0 Å². The standard InChI is InChI=1S/C25H27N7O2/c1-31-16-21(12-29-31)23-5-6-24(33)32(30-23)15-19-3-2-4-20(11-19)25-27-13-22(14-28-25)34-17-18-7-9-26-10-8-18/h2-6,11-14,16,18,26H,7-10,15,17H2,1H3. The summed E-state index contributed by atoms with van der Waals surface area (Å²) in [5.41, 5.74) is 3.21. The van der Waals surface area contributed by atoms with E-state index in [1.54, 1.807) is 29.3 Å². The molecular formula is C25H27N7O2. The highest BCUT2D eigenvalue weighted by Crippen LogP contribution is 2.20. The highest BCUT2D eigenvalue weighted by Gasteiger charge is 2.14. The Balaban J connectivity index is 1.29. The summed E-state index contributed by atoms with van der Waals surface area (Å²) >= 11 is 0. The van der Waals surface area contributed by atoms with Crippen LogP contribution in [0.3, 0.4) is 0 Å². The van der Waals surface area contributed by atoms with Gasteiger partial charge in [-0.2, -0.15) is 10.2 Å². The highest BCUT2D eigenvalue weighted by molar-refractivity contribution is 5.57. The van der Waals surface area contributed by atoms with Gasteiger partial charge in [-0.25, -0.2) is 14.6 Å². The third-order valence-electron chi connectivity index (χ3n) is 5.96. The van der Waals surface area contributed by atoms with E-state index in [0.29, 0.717) is 36.3 Å². The quantitative estimate of drug-likeness (QED) is 0.455. The van der Waals surface area contributed by atoms with E-state index in [1.807, 2.05) is 37.5 Å². The minimum absolute atomic E-state index is 0.162. The molecule has 3 aromatic heterocycles. The van der Waals surface area contributed by atoms with Crippen molar-refractivity contribution in [3.8, 4) is 28.4 Å². The van der Waals surface area contributed by atoms with Gasteiger partial charge >= 0.3 is 0 Å². The summed E-state index contributed by atoms with van der Waals surface area (Å²) in [5, 5.41) is 12.1. The molecule has 0 bridgehead atoms. The first-order chi connectivity index (χ1) is 16.6. The molecule has 1 N–H and O–H groups in total. The number of piperidine rings is 1. The Morgan fingerprint density at radius 2 is 1.88 bits per heavy atom.